The summed E-state index contributed by atoms with van der Waals surface area (Å²) in [6.45, 7) is 0.988. The highest BCUT2D eigenvalue weighted by Crippen LogP contribution is 2.38. The summed E-state index contributed by atoms with van der Waals surface area (Å²) in [5, 5.41) is 0. The Hall–Kier alpha value is -2.98. The van der Waals surface area contributed by atoms with Crippen LogP contribution in [0.5, 0.6) is 5.75 Å². The zero-order valence-electron chi connectivity index (χ0n) is 15.2. The molecule has 1 aromatic heterocycles. The van der Waals surface area contributed by atoms with Crippen LogP contribution in [0.1, 0.15) is 33.8 Å². The highest BCUT2D eigenvalue weighted by molar-refractivity contribution is 5.98. The van der Waals surface area contributed by atoms with Gasteiger partial charge in [0.15, 0.2) is 5.78 Å². The second-order valence-corrected chi connectivity index (χ2v) is 6.72. The highest BCUT2D eigenvalue weighted by Gasteiger charge is 2.21. The maximum atomic E-state index is 12.9. The number of Topliss-reactive ketones (excluding diaryl/α,β-unsaturated/α-hetero) is 1. The maximum absolute atomic E-state index is 12.9. The second-order valence-electron chi connectivity index (χ2n) is 6.72. The third-order valence-electron chi connectivity index (χ3n) is 4.95. The molecule has 1 aliphatic heterocycles. The Labute approximate surface area is 158 Å². The van der Waals surface area contributed by atoms with Crippen LogP contribution in [0.4, 0.5) is 0 Å². The Morgan fingerprint density at radius 3 is 2.81 bits per heavy atom. The number of fused-ring (bicyclic) bond motifs is 3. The van der Waals surface area contributed by atoms with Crippen molar-refractivity contribution in [2.45, 2.75) is 18.9 Å². The topological polar surface area (TPSA) is 48.4 Å². The standard InChI is InChI=1S/C23H21NO3/c1-26-14-18(16-5-3-2-4-6-16)11-22(25)17-7-8-21-20-9-10-24-13-19(20)15-27-23(21)12-17/h2-10,12-13,18H,11,14-15H2,1H3/t18-/m1/s1. The SMILES string of the molecule is COC[C@@H](CC(=O)c1ccc2c(c1)OCc1cnccc1-2)c1ccccc1. The van der Waals surface area contributed by atoms with E-state index >= 15 is 0 Å². The third kappa shape index (κ3) is 3.62. The molecular formula is C23H21NO3. The van der Waals surface area contributed by atoms with E-state index in [2.05, 4.69) is 4.98 Å². The molecule has 0 saturated carbocycles. The summed E-state index contributed by atoms with van der Waals surface area (Å²) in [7, 11) is 1.67. The number of ketones is 1. The van der Waals surface area contributed by atoms with Gasteiger partial charge in [0.25, 0.3) is 0 Å². The Morgan fingerprint density at radius 2 is 2.00 bits per heavy atom. The van der Waals surface area contributed by atoms with Crippen molar-refractivity contribution in [3.05, 3.63) is 83.7 Å². The van der Waals surface area contributed by atoms with Gasteiger partial charge in [0.2, 0.25) is 0 Å². The molecule has 1 atom stereocenters. The lowest BCUT2D eigenvalue weighted by molar-refractivity contribution is 0.0946. The Balaban J connectivity index is 1.58. The first-order valence-electron chi connectivity index (χ1n) is 9.03. The van der Waals surface area contributed by atoms with Gasteiger partial charge < -0.3 is 9.47 Å². The fourth-order valence-electron chi connectivity index (χ4n) is 3.54. The van der Waals surface area contributed by atoms with Gasteiger partial charge in [-0.25, -0.2) is 0 Å². The summed E-state index contributed by atoms with van der Waals surface area (Å²) in [6.07, 6.45) is 4.01. The number of ether oxygens (including phenoxy) is 2. The van der Waals surface area contributed by atoms with E-state index in [1.165, 1.54) is 0 Å². The number of nitrogens with zero attached hydrogens (tertiary/aromatic N) is 1. The van der Waals surface area contributed by atoms with E-state index in [9.17, 15) is 4.79 Å². The van der Waals surface area contributed by atoms with E-state index in [0.717, 1.165) is 28.0 Å². The van der Waals surface area contributed by atoms with Gasteiger partial charge in [0, 0.05) is 48.5 Å². The van der Waals surface area contributed by atoms with E-state index < -0.39 is 0 Å². The summed E-state index contributed by atoms with van der Waals surface area (Å²) >= 11 is 0. The first kappa shape index (κ1) is 17.4. The highest BCUT2D eigenvalue weighted by atomic mass is 16.5. The number of carbonyl (C=O) groups is 1. The molecule has 1 aliphatic rings. The molecule has 0 radical (unpaired) electrons. The van der Waals surface area contributed by atoms with Gasteiger partial charge >= 0.3 is 0 Å². The molecule has 4 heteroatoms. The molecule has 27 heavy (non-hydrogen) atoms. The number of hydrogen-bond donors (Lipinski definition) is 0. The molecule has 0 spiro atoms. The van der Waals surface area contributed by atoms with Crippen LogP contribution in [0, 0.1) is 0 Å². The molecule has 4 nitrogen and oxygen atoms in total. The van der Waals surface area contributed by atoms with Crippen molar-refractivity contribution < 1.29 is 14.3 Å². The van der Waals surface area contributed by atoms with Gasteiger partial charge in [-0.1, -0.05) is 36.4 Å². The Bertz CT molecular complexity index is 953. The summed E-state index contributed by atoms with van der Waals surface area (Å²) in [5.74, 6) is 0.878. The van der Waals surface area contributed by atoms with Gasteiger partial charge in [0.05, 0.1) is 6.61 Å². The number of pyridine rings is 1. The monoisotopic (exact) mass is 359 g/mol. The van der Waals surface area contributed by atoms with E-state index in [0.29, 0.717) is 25.2 Å². The lowest BCUT2D eigenvalue weighted by atomic mass is 9.91. The van der Waals surface area contributed by atoms with Gasteiger partial charge in [-0.2, -0.15) is 0 Å². The van der Waals surface area contributed by atoms with Crippen LogP contribution in [0.3, 0.4) is 0 Å². The minimum absolute atomic E-state index is 0.0347. The van der Waals surface area contributed by atoms with Crippen molar-refractivity contribution >= 4 is 5.78 Å². The summed E-state index contributed by atoms with van der Waals surface area (Å²) < 4.78 is 11.2. The molecule has 3 aromatic rings. The molecule has 4 rings (SSSR count). The maximum Gasteiger partial charge on any atom is 0.163 e. The predicted molar refractivity (Wildman–Crippen MR) is 104 cm³/mol. The first-order chi connectivity index (χ1) is 13.3. The van der Waals surface area contributed by atoms with Crippen LogP contribution in [0.15, 0.2) is 67.0 Å². The molecule has 2 aromatic carbocycles. The van der Waals surface area contributed by atoms with E-state index in [4.69, 9.17) is 9.47 Å². The van der Waals surface area contributed by atoms with Crippen molar-refractivity contribution in [3.8, 4) is 16.9 Å². The smallest absolute Gasteiger partial charge is 0.163 e. The van der Waals surface area contributed by atoms with Crippen LogP contribution >= 0.6 is 0 Å². The van der Waals surface area contributed by atoms with Crippen molar-refractivity contribution in [1.29, 1.82) is 0 Å². The largest absolute Gasteiger partial charge is 0.488 e. The number of hydrogen-bond acceptors (Lipinski definition) is 4. The Morgan fingerprint density at radius 1 is 1.15 bits per heavy atom. The molecule has 0 amide bonds. The summed E-state index contributed by atoms with van der Waals surface area (Å²) in [5.41, 5.74) is 4.97. The van der Waals surface area contributed by atoms with Gasteiger partial charge in [-0.3, -0.25) is 9.78 Å². The van der Waals surface area contributed by atoms with Crippen LogP contribution in [-0.4, -0.2) is 24.5 Å². The average molecular weight is 359 g/mol. The van der Waals surface area contributed by atoms with Crippen LogP contribution < -0.4 is 4.74 Å². The minimum atomic E-state index is 0.0347. The quantitative estimate of drug-likeness (QED) is 0.602. The van der Waals surface area contributed by atoms with Crippen molar-refractivity contribution in [3.63, 3.8) is 0 Å². The normalized spacial score (nSPS) is 13.2. The predicted octanol–water partition coefficient (Wildman–Crippen LogP) is 4.64. The van der Waals surface area contributed by atoms with Gasteiger partial charge in [-0.05, 0) is 29.3 Å². The molecule has 136 valence electrons. The molecule has 2 heterocycles. The number of aromatic nitrogens is 1. The van der Waals surface area contributed by atoms with Crippen LogP contribution in [0.2, 0.25) is 0 Å². The van der Waals surface area contributed by atoms with Crippen molar-refractivity contribution in [2.75, 3.05) is 13.7 Å². The Kier molecular flexibility index (Phi) is 4.99. The number of rotatable bonds is 6. The van der Waals surface area contributed by atoms with Gasteiger partial charge in [-0.15, -0.1) is 0 Å². The molecule has 0 saturated heterocycles. The third-order valence-corrected chi connectivity index (χ3v) is 4.95. The van der Waals surface area contributed by atoms with E-state index in [1.54, 1.807) is 13.3 Å². The van der Waals surface area contributed by atoms with Crippen molar-refractivity contribution in [2.24, 2.45) is 0 Å². The average Bonchev–Trinajstić information content (AvgIpc) is 2.73. The fraction of sp³-hybridized carbons (Fsp3) is 0.217. The number of benzene rings is 2. The second kappa shape index (κ2) is 7.72. The summed E-state index contributed by atoms with van der Waals surface area (Å²) in [6, 6.07) is 17.7. The first-order valence-corrected chi connectivity index (χ1v) is 9.03. The summed E-state index contributed by atoms with van der Waals surface area (Å²) in [4.78, 5) is 17.1. The molecule has 0 N–H and O–H groups in total. The van der Waals surface area contributed by atoms with Crippen molar-refractivity contribution in [1.82, 2.24) is 4.98 Å². The molecule has 0 aliphatic carbocycles. The molecule has 0 bridgehead atoms. The van der Waals surface area contributed by atoms with Crippen LogP contribution in [0.25, 0.3) is 11.1 Å². The lowest BCUT2D eigenvalue weighted by Gasteiger charge is -2.21. The fourth-order valence-corrected chi connectivity index (χ4v) is 3.54. The lowest BCUT2D eigenvalue weighted by Crippen LogP contribution is -2.13. The molecular weight excluding hydrogens is 338 g/mol. The zero-order chi connectivity index (χ0) is 18.6. The zero-order valence-corrected chi connectivity index (χ0v) is 15.2. The van der Waals surface area contributed by atoms with Crippen LogP contribution in [-0.2, 0) is 11.3 Å². The van der Waals surface area contributed by atoms with E-state index in [1.807, 2.05) is 60.8 Å². The molecule has 0 unspecified atom stereocenters. The number of methoxy groups -OCH3 is 1. The minimum Gasteiger partial charge on any atom is -0.488 e. The van der Waals surface area contributed by atoms with Gasteiger partial charge in [0.1, 0.15) is 12.4 Å². The number of carbonyl (C=O) groups excluding carboxylic acids is 1. The van der Waals surface area contributed by atoms with E-state index in [-0.39, 0.29) is 11.7 Å². The molecule has 0 fully saturated rings.